The van der Waals surface area contributed by atoms with Crippen molar-refractivity contribution < 1.29 is 9.53 Å². The number of piperidine rings is 1. The molecule has 6 heteroatoms. The Labute approximate surface area is 140 Å². The molecule has 130 valence electrons. The first kappa shape index (κ1) is 19.7. The lowest BCUT2D eigenvalue weighted by Gasteiger charge is -2.35. The van der Waals surface area contributed by atoms with Crippen LogP contribution in [-0.2, 0) is 9.53 Å². The van der Waals surface area contributed by atoms with Crippen molar-refractivity contribution in [3.63, 3.8) is 0 Å². The molecule has 2 aliphatic rings. The standard InChI is InChI=1S/C16H31N3O2.ClH/c1-12-9-15(5-7-17-12)16(20)18-6-4-8-19-10-13(2)21-14(3)11-19;/h12-15,17H,4-11H2,1-3H3,(H,18,20);1H/t12-,13?,14?,15-;/m0./s1. The quantitative estimate of drug-likeness (QED) is 0.747. The highest BCUT2D eigenvalue weighted by atomic mass is 35.5. The Kier molecular flexibility index (Phi) is 8.69. The molecule has 2 heterocycles. The van der Waals surface area contributed by atoms with Crippen molar-refractivity contribution in [2.45, 2.75) is 58.3 Å². The van der Waals surface area contributed by atoms with E-state index in [4.69, 9.17) is 4.74 Å². The van der Waals surface area contributed by atoms with Gasteiger partial charge in [0, 0.05) is 38.1 Å². The minimum Gasteiger partial charge on any atom is -0.373 e. The third-order valence-corrected chi connectivity index (χ3v) is 4.44. The minimum absolute atomic E-state index is 0. The fraction of sp³-hybridized carbons (Fsp3) is 0.938. The van der Waals surface area contributed by atoms with Crippen LogP contribution >= 0.6 is 12.4 Å². The number of hydrogen-bond acceptors (Lipinski definition) is 4. The van der Waals surface area contributed by atoms with Crippen LogP contribution in [0.3, 0.4) is 0 Å². The molecule has 0 aromatic heterocycles. The third kappa shape index (κ3) is 6.41. The highest BCUT2D eigenvalue weighted by Crippen LogP contribution is 2.16. The summed E-state index contributed by atoms with van der Waals surface area (Å²) in [6, 6.07) is 0.464. The summed E-state index contributed by atoms with van der Waals surface area (Å²) in [5, 5.41) is 6.50. The van der Waals surface area contributed by atoms with Crippen LogP contribution in [0.15, 0.2) is 0 Å². The summed E-state index contributed by atoms with van der Waals surface area (Å²) in [4.78, 5) is 14.6. The second-order valence-electron chi connectivity index (χ2n) is 6.74. The Bertz CT molecular complexity index is 333. The minimum atomic E-state index is 0. The van der Waals surface area contributed by atoms with E-state index in [2.05, 4.69) is 36.3 Å². The number of rotatable bonds is 5. The van der Waals surface area contributed by atoms with Crippen molar-refractivity contribution in [2.75, 3.05) is 32.7 Å². The van der Waals surface area contributed by atoms with E-state index in [0.717, 1.165) is 52.0 Å². The van der Waals surface area contributed by atoms with Crippen LogP contribution in [0.2, 0.25) is 0 Å². The Morgan fingerprint density at radius 2 is 1.95 bits per heavy atom. The van der Waals surface area contributed by atoms with Crippen LogP contribution in [-0.4, -0.2) is 61.8 Å². The Morgan fingerprint density at radius 3 is 2.59 bits per heavy atom. The van der Waals surface area contributed by atoms with Gasteiger partial charge in [-0.2, -0.15) is 0 Å². The van der Waals surface area contributed by atoms with Crippen molar-refractivity contribution in [1.29, 1.82) is 0 Å². The lowest BCUT2D eigenvalue weighted by molar-refractivity contribution is -0.126. The van der Waals surface area contributed by atoms with Crippen LogP contribution in [0.4, 0.5) is 0 Å². The van der Waals surface area contributed by atoms with Crippen molar-refractivity contribution in [3.05, 3.63) is 0 Å². The maximum Gasteiger partial charge on any atom is 0.223 e. The van der Waals surface area contributed by atoms with Crippen LogP contribution in [0, 0.1) is 5.92 Å². The smallest absolute Gasteiger partial charge is 0.223 e. The summed E-state index contributed by atoms with van der Waals surface area (Å²) in [5.74, 6) is 0.441. The Hall–Kier alpha value is -0.360. The van der Waals surface area contributed by atoms with E-state index in [1.165, 1.54) is 0 Å². The summed E-state index contributed by atoms with van der Waals surface area (Å²) in [5.41, 5.74) is 0. The van der Waals surface area contributed by atoms with Gasteiger partial charge in [-0.1, -0.05) is 0 Å². The monoisotopic (exact) mass is 333 g/mol. The number of hydrogen-bond donors (Lipinski definition) is 2. The van der Waals surface area contributed by atoms with E-state index in [9.17, 15) is 4.79 Å². The highest BCUT2D eigenvalue weighted by molar-refractivity contribution is 5.85. The molecule has 0 saturated carbocycles. The third-order valence-electron chi connectivity index (χ3n) is 4.44. The second kappa shape index (κ2) is 9.71. The average molecular weight is 334 g/mol. The van der Waals surface area contributed by atoms with Gasteiger partial charge >= 0.3 is 0 Å². The topological polar surface area (TPSA) is 53.6 Å². The number of halogens is 1. The molecule has 2 saturated heterocycles. The molecule has 2 rings (SSSR count). The number of amides is 1. The molecule has 0 aromatic carbocycles. The van der Waals surface area contributed by atoms with E-state index in [1.54, 1.807) is 0 Å². The number of morpholine rings is 1. The molecule has 2 N–H and O–H groups in total. The van der Waals surface area contributed by atoms with Crippen LogP contribution in [0.25, 0.3) is 0 Å². The van der Waals surface area contributed by atoms with E-state index in [1.807, 2.05) is 0 Å². The average Bonchev–Trinajstić information content (AvgIpc) is 2.42. The number of nitrogens with one attached hydrogen (secondary N) is 2. The molecule has 0 spiro atoms. The van der Waals surface area contributed by atoms with Gasteiger partial charge in [0.25, 0.3) is 0 Å². The summed E-state index contributed by atoms with van der Waals surface area (Å²) in [6.07, 6.45) is 3.59. The van der Waals surface area contributed by atoms with Crippen LogP contribution < -0.4 is 10.6 Å². The lowest BCUT2D eigenvalue weighted by Crippen LogP contribution is -2.46. The van der Waals surface area contributed by atoms with Gasteiger partial charge in [-0.3, -0.25) is 9.69 Å². The zero-order chi connectivity index (χ0) is 15.2. The lowest BCUT2D eigenvalue weighted by atomic mass is 9.92. The highest BCUT2D eigenvalue weighted by Gasteiger charge is 2.24. The number of carbonyl (C=O) groups excluding carboxylic acids is 1. The fourth-order valence-corrected chi connectivity index (χ4v) is 3.50. The van der Waals surface area contributed by atoms with Gasteiger partial charge in [0.15, 0.2) is 0 Å². The first-order valence-electron chi connectivity index (χ1n) is 8.43. The van der Waals surface area contributed by atoms with Gasteiger partial charge < -0.3 is 15.4 Å². The SMILES string of the molecule is CC1CN(CCCNC(=O)[C@H]2CCN[C@@H](C)C2)CC(C)O1.Cl. The summed E-state index contributed by atoms with van der Waals surface area (Å²) in [7, 11) is 0. The van der Waals surface area contributed by atoms with E-state index in [0.29, 0.717) is 18.2 Å². The molecule has 5 nitrogen and oxygen atoms in total. The molecule has 0 aliphatic carbocycles. The number of ether oxygens (including phenoxy) is 1. The fourth-order valence-electron chi connectivity index (χ4n) is 3.50. The van der Waals surface area contributed by atoms with Crippen molar-refractivity contribution >= 4 is 18.3 Å². The van der Waals surface area contributed by atoms with E-state index in [-0.39, 0.29) is 24.2 Å². The Morgan fingerprint density at radius 1 is 1.27 bits per heavy atom. The zero-order valence-electron chi connectivity index (χ0n) is 14.1. The molecule has 2 aliphatic heterocycles. The molecule has 4 atom stereocenters. The molecule has 0 aromatic rings. The predicted octanol–water partition coefficient (Wildman–Crippen LogP) is 1.41. The first-order valence-corrected chi connectivity index (χ1v) is 8.43. The zero-order valence-corrected chi connectivity index (χ0v) is 15.0. The van der Waals surface area contributed by atoms with E-state index >= 15 is 0 Å². The second-order valence-corrected chi connectivity index (χ2v) is 6.74. The molecular formula is C16H32ClN3O2. The van der Waals surface area contributed by atoms with Gasteiger partial charge in [0.1, 0.15) is 0 Å². The van der Waals surface area contributed by atoms with E-state index < -0.39 is 0 Å². The molecular weight excluding hydrogens is 302 g/mol. The first-order chi connectivity index (χ1) is 10.0. The van der Waals surface area contributed by atoms with Crippen molar-refractivity contribution in [2.24, 2.45) is 5.92 Å². The number of carbonyl (C=O) groups is 1. The maximum atomic E-state index is 12.1. The summed E-state index contributed by atoms with van der Waals surface area (Å²) in [6.45, 7) is 11.2. The molecule has 2 unspecified atom stereocenters. The van der Waals surface area contributed by atoms with Gasteiger partial charge in [-0.15, -0.1) is 12.4 Å². The number of nitrogens with zero attached hydrogens (tertiary/aromatic N) is 1. The normalized spacial score (nSPS) is 33.0. The van der Waals surface area contributed by atoms with Crippen LogP contribution in [0.5, 0.6) is 0 Å². The summed E-state index contributed by atoms with van der Waals surface area (Å²) >= 11 is 0. The molecule has 22 heavy (non-hydrogen) atoms. The molecule has 2 fully saturated rings. The van der Waals surface area contributed by atoms with Gasteiger partial charge in [0.05, 0.1) is 12.2 Å². The molecule has 0 bridgehead atoms. The summed E-state index contributed by atoms with van der Waals surface area (Å²) < 4.78 is 5.73. The largest absolute Gasteiger partial charge is 0.373 e. The maximum absolute atomic E-state index is 12.1. The van der Waals surface area contributed by atoms with Crippen LogP contribution in [0.1, 0.15) is 40.0 Å². The Balaban J connectivity index is 0.00000242. The van der Waals surface area contributed by atoms with Crippen molar-refractivity contribution in [1.82, 2.24) is 15.5 Å². The predicted molar refractivity (Wildman–Crippen MR) is 91.5 cm³/mol. The molecule has 1 amide bonds. The van der Waals surface area contributed by atoms with Gasteiger partial charge in [-0.05, 0) is 46.6 Å². The van der Waals surface area contributed by atoms with Gasteiger partial charge in [-0.25, -0.2) is 0 Å². The van der Waals surface area contributed by atoms with Crippen molar-refractivity contribution in [3.8, 4) is 0 Å². The van der Waals surface area contributed by atoms with Gasteiger partial charge in [0.2, 0.25) is 5.91 Å². The molecule has 0 radical (unpaired) electrons.